The molecule has 14 heavy (non-hydrogen) atoms. The summed E-state index contributed by atoms with van der Waals surface area (Å²) in [5, 5.41) is 6.59. The lowest BCUT2D eigenvalue weighted by molar-refractivity contribution is 0.0275. The zero-order chi connectivity index (χ0) is 9.80. The number of thiazole rings is 1. The highest BCUT2D eigenvalue weighted by atomic mass is 32.1. The molecule has 2 rings (SSSR count). The molecular weight excluding hydrogens is 196 g/mol. The van der Waals surface area contributed by atoms with Gasteiger partial charge in [-0.15, -0.1) is 11.3 Å². The fraction of sp³-hybridized carbons (Fsp3) is 0.700. The van der Waals surface area contributed by atoms with Crippen LogP contribution in [0.4, 0.5) is 0 Å². The van der Waals surface area contributed by atoms with Gasteiger partial charge in [0.25, 0.3) is 0 Å². The Bertz CT molecular complexity index is 281. The van der Waals surface area contributed by atoms with Crippen LogP contribution in [-0.2, 0) is 11.2 Å². The van der Waals surface area contributed by atoms with Gasteiger partial charge in [-0.3, -0.25) is 0 Å². The summed E-state index contributed by atoms with van der Waals surface area (Å²) in [6, 6.07) is 0. The van der Waals surface area contributed by atoms with Crippen LogP contribution < -0.4 is 5.32 Å². The summed E-state index contributed by atoms with van der Waals surface area (Å²) in [7, 11) is 0. The predicted molar refractivity (Wildman–Crippen MR) is 57.7 cm³/mol. The van der Waals surface area contributed by atoms with E-state index < -0.39 is 0 Å². The number of rotatable bonds is 3. The van der Waals surface area contributed by atoms with Crippen molar-refractivity contribution < 1.29 is 4.74 Å². The Morgan fingerprint density at radius 2 is 2.64 bits per heavy atom. The standard InChI is InChI=1S/C10H16N2OS/c1-2-3-8-7-14-10(12-8)9-6-11-4-5-13-9/h7,9,11H,2-6H2,1H3. The number of morpholine rings is 1. The highest BCUT2D eigenvalue weighted by molar-refractivity contribution is 7.09. The summed E-state index contributed by atoms with van der Waals surface area (Å²) in [6.07, 6.45) is 2.42. The van der Waals surface area contributed by atoms with E-state index in [0.717, 1.165) is 37.5 Å². The van der Waals surface area contributed by atoms with E-state index in [1.807, 2.05) is 0 Å². The van der Waals surface area contributed by atoms with Crippen LogP contribution in [0.25, 0.3) is 0 Å². The normalized spacial score (nSPS) is 22.5. The van der Waals surface area contributed by atoms with E-state index in [0.29, 0.717) is 0 Å². The van der Waals surface area contributed by atoms with Crippen LogP contribution in [0, 0.1) is 0 Å². The van der Waals surface area contributed by atoms with Crippen LogP contribution in [-0.4, -0.2) is 24.7 Å². The average molecular weight is 212 g/mol. The lowest BCUT2D eigenvalue weighted by atomic mass is 10.3. The molecule has 0 spiro atoms. The summed E-state index contributed by atoms with van der Waals surface area (Å²) in [5.41, 5.74) is 1.21. The van der Waals surface area contributed by atoms with Crippen LogP contribution in [0.1, 0.15) is 30.2 Å². The van der Waals surface area contributed by atoms with E-state index >= 15 is 0 Å². The quantitative estimate of drug-likeness (QED) is 0.829. The van der Waals surface area contributed by atoms with Crippen LogP contribution in [0.15, 0.2) is 5.38 Å². The minimum atomic E-state index is 0.180. The number of ether oxygens (including phenoxy) is 1. The molecule has 0 saturated carbocycles. The maximum atomic E-state index is 5.64. The number of nitrogens with one attached hydrogen (secondary N) is 1. The second-order valence-electron chi connectivity index (χ2n) is 3.49. The Morgan fingerprint density at radius 3 is 3.36 bits per heavy atom. The SMILES string of the molecule is CCCc1csc(C2CNCCO2)n1. The summed E-state index contributed by atoms with van der Waals surface area (Å²) in [6.45, 7) is 4.84. The van der Waals surface area contributed by atoms with Gasteiger partial charge >= 0.3 is 0 Å². The van der Waals surface area contributed by atoms with E-state index in [1.165, 1.54) is 5.69 Å². The van der Waals surface area contributed by atoms with Gasteiger partial charge in [0.05, 0.1) is 12.3 Å². The third-order valence-corrected chi connectivity index (χ3v) is 3.26. The second-order valence-corrected chi connectivity index (χ2v) is 4.38. The molecule has 1 N–H and O–H groups in total. The topological polar surface area (TPSA) is 34.1 Å². The molecule has 4 heteroatoms. The molecule has 0 aromatic carbocycles. The monoisotopic (exact) mass is 212 g/mol. The molecule has 0 bridgehead atoms. The number of hydrogen-bond acceptors (Lipinski definition) is 4. The molecule has 1 atom stereocenters. The molecule has 0 amide bonds. The van der Waals surface area contributed by atoms with E-state index in [1.54, 1.807) is 11.3 Å². The molecule has 3 nitrogen and oxygen atoms in total. The lowest BCUT2D eigenvalue weighted by Gasteiger charge is -2.21. The minimum absolute atomic E-state index is 0.180. The molecule has 1 saturated heterocycles. The first-order valence-electron chi connectivity index (χ1n) is 5.16. The van der Waals surface area contributed by atoms with Crippen molar-refractivity contribution in [1.29, 1.82) is 0 Å². The van der Waals surface area contributed by atoms with Crippen molar-refractivity contribution in [3.63, 3.8) is 0 Å². The highest BCUT2D eigenvalue weighted by Crippen LogP contribution is 2.22. The first-order chi connectivity index (χ1) is 6.90. The fourth-order valence-corrected chi connectivity index (χ4v) is 2.47. The molecule has 0 radical (unpaired) electrons. The molecule has 0 aliphatic carbocycles. The molecule has 2 heterocycles. The number of nitrogens with zero attached hydrogens (tertiary/aromatic N) is 1. The Hall–Kier alpha value is -0.450. The maximum Gasteiger partial charge on any atom is 0.123 e. The highest BCUT2D eigenvalue weighted by Gasteiger charge is 2.18. The number of aryl methyl sites for hydroxylation is 1. The summed E-state index contributed by atoms with van der Waals surface area (Å²) < 4.78 is 5.64. The van der Waals surface area contributed by atoms with Gasteiger partial charge in [0.2, 0.25) is 0 Å². The average Bonchev–Trinajstić information content (AvgIpc) is 2.68. The van der Waals surface area contributed by atoms with Crippen LogP contribution in [0.2, 0.25) is 0 Å². The van der Waals surface area contributed by atoms with E-state index in [9.17, 15) is 0 Å². The third-order valence-electron chi connectivity index (χ3n) is 2.28. The molecule has 1 aromatic rings. The van der Waals surface area contributed by atoms with Crippen LogP contribution in [0.5, 0.6) is 0 Å². The third kappa shape index (κ3) is 2.32. The van der Waals surface area contributed by atoms with Gasteiger partial charge < -0.3 is 10.1 Å². The molecule has 1 aliphatic rings. The molecule has 78 valence electrons. The smallest absolute Gasteiger partial charge is 0.123 e. The van der Waals surface area contributed by atoms with Crippen molar-refractivity contribution >= 4 is 11.3 Å². The van der Waals surface area contributed by atoms with Crippen molar-refractivity contribution in [2.45, 2.75) is 25.9 Å². The predicted octanol–water partition coefficient (Wildman–Crippen LogP) is 1.76. The van der Waals surface area contributed by atoms with Gasteiger partial charge in [-0.1, -0.05) is 13.3 Å². The Balaban J connectivity index is 2.00. The summed E-state index contributed by atoms with van der Waals surface area (Å²) in [5.74, 6) is 0. The van der Waals surface area contributed by atoms with E-state index in [2.05, 4.69) is 22.6 Å². The zero-order valence-corrected chi connectivity index (χ0v) is 9.27. The minimum Gasteiger partial charge on any atom is -0.368 e. The van der Waals surface area contributed by atoms with Crippen molar-refractivity contribution in [3.8, 4) is 0 Å². The fourth-order valence-electron chi connectivity index (χ4n) is 1.57. The van der Waals surface area contributed by atoms with Gasteiger partial charge in [0.15, 0.2) is 0 Å². The first kappa shape index (κ1) is 10.1. The molecule has 1 aromatic heterocycles. The lowest BCUT2D eigenvalue weighted by Crippen LogP contribution is -2.33. The van der Waals surface area contributed by atoms with E-state index in [4.69, 9.17) is 4.74 Å². The zero-order valence-electron chi connectivity index (χ0n) is 8.45. The van der Waals surface area contributed by atoms with E-state index in [-0.39, 0.29) is 6.10 Å². The van der Waals surface area contributed by atoms with Crippen molar-refractivity contribution in [1.82, 2.24) is 10.3 Å². The van der Waals surface area contributed by atoms with Gasteiger partial charge in [-0.25, -0.2) is 4.98 Å². The Kier molecular flexibility index (Phi) is 3.50. The van der Waals surface area contributed by atoms with Crippen molar-refractivity contribution in [3.05, 3.63) is 16.1 Å². The largest absolute Gasteiger partial charge is 0.368 e. The molecule has 1 aliphatic heterocycles. The van der Waals surface area contributed by atoms with Crippen molar-refractivity contribution in [2.75, 3.05) is 19.7 Å². The van der Waals surface area contributed by atoms with Crippen LogP contribution in [0.3, 0.4) is 0 Å². The maximum absolute atomic E-state index is 5.64. The first-order valence-corrected chi connectivity index (χ1v) is 6.04. The van der Waals surface area contributed by atoms with Crippen LogP contribution >= 0.6 is 11.3 Å². The van der Waals surface area contributed by atoms with Gasteiger partial charge in [0.1, 0.15) is 11.1 Å². The van der Waals surface area contributed by atoms with Gasteiger partial charge in [-0.2, -0.15) is 0 Å². The van der Waals surface area contributed by atoms with Gasteiger partial charge in [-0.05, 0) is 6.42 Å². The number of hydrogen-bond donors (Lipinski definition) is 1. The summed E-state index contributed by atoms with van der Waals surface area (Å²) >= 11 is 1.72. The molecule has 1 fully saturated rings. The Morgan fingerprint density at radius 1 is 1.71 bits per heavy atom. The second kappa shape index (κ2) is 4.87. The summed E-state index contributed by atoms with van der Waals surface area (Å²) in [4.78, 5) is 4.58. The van der Waals surface area contributed by atoms with Crippen molar-refractivity contribution in [2.24, 2.45) is 0 Å². The van der Waals surface area contributed by atoms with Gasteiger partial charge in [0, 0.05) is 18.5 Å². The Labute approximate surface area is 88.5 Å². The molecular formula is C10H16N2OS. The molecule has 1 unspecified atom stereocenters. The number of aromatic nitrogens is 1.